The molecule has 0 aliphatic heterocycles. The molecule has 0 saturated carbocycles. The topological polar surface area (TPSA) is 45.0 Å². The number of hydrogen-bond donors (Lipinski definition) is 1. The zero-order valence-electron chi connectivity index (χ0n) is 12.1. The standard InChI is InChI=1S/C17H17BrN2O/c1-12(15-5-3-4-6-16(15)18)20-11-14-9-13(10-19)7-8-17(14)21-2/h3-9,12,20H,11H2,1-2H3/t12-/m1/s1. The maximum absolute atomic E-state index is 9.00. The van der Waals surface area contributed by atoms with E-state index in [0.717, 1.165) is 15.8 Å². The summed E-state index contributed by atoms with van der Waals surface area (Å²) in [4.78, 5) is 0. The van der Waals surface area contributed by atoms with Gasteiger partial charge in [-0.2, -0.15) is 5.26 Å². The molecule has 0 aliphatic carbocycles. The SMILES string of the molecule is COc1ccc(C#N)cc1CN[C@H](C)c1ccccc1Br. The molecule has 21 heavy (non-hydrogen) atoms. The summed E-state index contributed by atoms with van der Waals surface area (Å²) in [7, 11) is 1.64. The van der Waals surface area contributed by atoms with Crippen molar-refractivity contribution in [2.24, 2.45) is 0 Å². The molecule has 4 heteroatoms. The van der Waals surface area contributed by atoms with Crippen molar-refractivity contribution in [3.63, 3.8) is 0 Å². The van der Waals surface area contributed by atoms with E-state index in [1.807, 2.05) is 30.3 Å². The Balaban J connectivity index is 2.13. The Morgan fingerprint density at radius 2 is 2.05 bits per heavy atom. The zero-order valence-corrected chi connectivity index (χ0v) is 13.6. The Morgan fingerprint density at radius 1 is 1.29 bits per heavy atom. The highest BCUT2D eigenvalue weighted by atomic mass is 79.9. The van der Waals surface area contributed by atoms with Gasteiger partial charge in [-0.25, -0.2) is 0 Å². The lowest BCUT2D eigenvalue weighted by Gasteiger charge is -2.17. The minimum absolute atomic E-state index is 0.191. The van der Waals surface area contributed by atoms with Gasteiger partial charge in [-0.05, 0) is 36.8 Å². The Kier molecular flexibility index (Phi) is 5.38. The second kappa shape index (κ2) is 7.26. The van der Waals surface area contributed by atoms with Gasteiger partial charge in [0.2, 0.25) is 0 Å². The molecule has 3 nitrogen and oxygen atoms in total. The molecule has 2 aromatic carbocycles. The average molecular weight is 345 g/mol. The van der Waals surface area contributed by atoms with Crippen LogP contribution in [0, 0.1) is 11.3 Å². The maximum Gasteiger partial charge on any atom is 0.123 e. The predicted molar refractivity (Wildman–Crippen MR) is 87.1 cm³/mol. The van der Waals surface area contributed by atoms with Gasteiger partial charge in [-0.1, -0.05) is 34.1 Å². The predicted octanol–water partition coefficient (Wildman–Crippen LogP) is 4.18. The molecule has 0 aliphatic rings. The van der Waals surface area contributed by atoms with E-state index < -0.39 is 0 Å². The van der Waals surface area contributed by atoms with Crippen LogP contribution in [-0.2, 0) is 6.54 Å². The lowest BCUT2D eigenvalue weighted by Crippen LogP contribution is -2.19. The van der Waals surface area contributed by atoms with Crippen LogP contribution in [0.25, 0.3) is 0 Å². The maximum atomic E-state index is 9.00. The highest BCUT2D eigenvalue weighted by molar-refractivity contribution is 9.10. The Hall–Kier alpha value is -1.83. The third-order valence-electron chi connectivity index (χ3n) is 3.38. The van der Waals surface area contributed by atoms with Gasteiger partial charge in [0, 0.05) is 22.6 Å². The van der Waals surface area contributed by atoms with E-state index >= 15 is 0 Å². The molecule has 2 rings (SSSR count). The van der Waals surface area contributed by atoms with Crippen molar-refractivity contribution < 1.29 is 4.74 Å². The summed E-state index contributed by atoms with van der Waals surface area (Å²) in [5.41, 5.74) is 2.82. The van der Waals surface area contributed by atoms with Crippen molar-refractivity contribution in [3.8, 4) is 11.8 Å². The summed E-state index contributed by atoms with van der Waals surface area (Å²) in [5.74, 6) is 0.792. The summed E-state index contributed by atoms with van der Waals surface area (Å²) in [6.45, 7) is 2.75. The fourth-order valence-electron chi connectivity index (χ4n) is 2.19. The van der Waals surface area contributed by atoms with E-state index in [-0.39, 0.29) is 6.04 Å². The van der Waals surface area contributed by atoms with Crippen molar-refractivity contribution in [1.82, 2.24) is 5.32 Å². The highest BCUT2D eigenvalue weighted by Crippen LogP contribution is 2.24. The summed E-state index contributed by atoms with van der Waals surface area (Å²) < 4.78 is 6.43. The number of nitriles is 1. The summed E-state index contributed by atoms with van der Waals surface area (Å²) in [6.07, 6.45) is 0. The molecule has 0 saturated heterocycles. The second-order valence-corrected chi connectivity index (χ2v) is 5.62. The molecule has 0 spiro atoms. The van der Waals surface area contributed by atoms with Crippen LogP contribution in [-0.4, -0.2) is 7.11 Å². The van der Waals surface area contributed by atoms with E-state index in [9.17, 15) is 0 Å². The van der Waals surface area contributed by atoms with Crippen molar-refractivity contribution >= 4 is 15.9 Å². The van der Waals surface area contributed by atoms with Crippen molar-refractivity contribution in [2.75, 3.05) is 7.11 Å². The number of nitrogens with zero attached hydrogens (tertiary/aromatic N) is 1. The van der Waals surface area contributed by atoms with Crippen LogP contribution in [0.2, 0.25) is 0 Å². The molecule has 0 aromatic heterocycles. The minimum atomic E-state index is 0.191. The molecular formula is C17H17BrN2O. The molecule has 0 fully saturated rings. The third-order valence-corrected chi connectivity index (χ3v) is 4.10. The van der Waals surface area contributed by atoms with Crippen molar-refractivity contribution in [2.45, 2.75) is 19.5 Å². The first-order chi connectivity index (χ1) is 10.2. The Labute approximate surface area is 133 Å². The smallest absolute Gasteiger partial charge is 0.123 e. The van der Waals surface area contributed by atoms with Gasteiger partial charge in [0.05, 0.1) is 18.7 Å². The van der Waals surface area contributed by atoms with E-state index in [1.165, 1.54) is 5.56 Å². The highest BCUT2D eigenvalue weighted by Gasteiger charge is 2.10. The number of benzene rings is 2. The molecule has 0 unspecified atom stereocenters. The van der Waals surface area contributed by atoms with Crippen LogP contribution in [0.15, 0.2) is 46.9 Å². The summed E-state index contributed by atoms with van der Waals surface area (Å²) >= 11 is 3.57. The Bertz CT molecular complexity index is 664. The molecule has 0 amide bonds. The number of hydrogen-bond acceptors (Lipinski definition) is 3. The first-order valence-corrected chi connectivity index (χ1v) is 7.50. The lowest BCUT2D eigenvalue weighted by molar-refractivity contribution is 0.406. The number of halogens is 1. The molecule has 0 heterocycles. The van der Waals surface area contributed by atoms with Crippen molar-refractivity contribution in [1.29, 1.82) is 5.26 Å². The minimum Gasteiger partial charge on any atom is -0.496 e. The fourth-order valence-corrected chi connectivity index (χ4v) is 2.81. The normalized spacial score (nSPS) is 11.7. The first kappa shape index (κ1) is 15.6. The second-order valence-electron chi connectivity index (χ2n) is 4.76. The third kappa shape index (κ3) is 3.84. The van der Waals surface area contributed by atoms with Crippen molar-refractivity contribution in [3.05, 3.63) is 63.6 Å². The molecule has 1 atom stereocenters. The molecule has 108 valence electrons. The molecular weight excluding hydrogens is 328 g/mol. The quantitative estimate of drug-likeness (QED) is 0.884. The largest absolute Gasteiger partial charge is 0.496 e. The van der Waals surface area contributed by atoms with Crippen LogP contribution in [0.3, 0.4) is 0 Å². The van der Waals surface area contributed by atoms with Crippen LogP contribution in [0.4, 0.5) is 0 Å². The average Bonchev–Trinajstić information content (AvgIpc) is 2.52. The molecule has 2 aromatic rings. The molecule has 0 bridgehead atoms. The van der Waals surface area contributed by atoms with E-state index in [2.05, 4.69) is 40.3 Å². The summed E-state index contributed by atoms with van der Waals surface area (Å²) in [6, 6.07) is 15.9. The van der Waals surface area contributed by atoms with Crippen LogP contribution >= 0.6 is 15.9 Å². The summed E-state index contributed by atoms with van der Waals surface area (Å²) in [5, 5.41) is 12.5. The Morgan fingerprint density at radius 3 is 2.71 bits per heavy atom. The number of methoxy groups -OCH3 is 1. The van der Waals surface area contributed by atoms with Gasteiger partial charge in [0.15, 0.2) is 0 Å². The number of nitrogens with one attached hydrogen (secondary N) is 1. The van der Waals surface area contributed by atoms with E-state index in [4.69, 9.17) is 10.00 Å². The number of rotatable bonds is 5. The van der Waals surface area contributed by atoms with Gasteiger partial charge in [-0.3, -0.25) is 0 Å². The van der Waals surface area contributed by atoms with Gasteiger partial charge in [0.25, 0.3) is 0 Å². The van der Waals surface area contributed by atoms with E-state index in [0.29, 0.717) is 12.1 Å². The van der Waals surface area contributed by atoms with Crippen LogP contribution < -0.4 is 10.1 Å². The number of ether oxygens (including phenoxy) is 1. The van der Waals surface area contributed by atoms with Gasteiger partial charge in [0.1, 0.15) is 5.75 Å². The zero-order chi connectivity index (χ0) is 15.2. The van der Waals surface area contributed by atoms with Crippen LogP contribution in [0.1, 0.15) is 29.7 Å². The van der Waals surface area contributed by atoms with Gasteiger partial charge < -0.3 is 10.1 Å². The van der Waals surface area contributed by atoms with Crippen LogP contribution in [0.5, 0.6) is 5.75 Å². The van der Waals surface area contributed by atoms with E-state index in [1.54, 1.807) is 13.2 Å². The monoisotopic (exact) mass is 344 g/mol. The van der Waals surface area contributed by atoms with Gasteiger partial charge in [-0.15, -0.1) is 0 Å². The molecule has 1 N–H and O–H groups in total. The fraction of sp³-hybridized carbons (Fsp3) is 0.235. The first-order valence-electron chi connectivity index (χ1n) is 6.70. The van der Waals surface area contributed by atoms with Gasteiger partial charge >= 0.3 is 0 Å². The molecule has 0 radical (unpaired) electrons. The lowest BCUT2D eigenvalue weighted by atomic mass is 10.1.